The number of hydrogen-bond acceptors (Lipinski definition) is 5. The average Bonchev–Trinajstić information content (AvgIpc) is 2.94. The summed E-state index contributed by atoms with van der Waals surface area (Å²) in [5.74, 6) is -0.613. The maximum Gasteiger partial charge on any atom is 0.306 e. The van der Waals surface area contributed by atoms with Crippen molar-refractivity contribution in [3.8, 4) is 0 Å². The first-order valence-corrected chi connectivity index (χ1v) is 16.4. The number of carbonyl (C=O) groups is 2. The SMILES string of the molecule is CCCCC/C=C/CCCCCCCC(=O)OC[C@H](CO)OC(=O)CCCCCCC/C=C/CCCCCC. The Morgan fingerprint density at radius 1 is 0.564 bits per heavy atom. The van der Waals surface area contributed by atoms with Crippen molar-refractivity contribution in [3.05, 3.63) is 24.3 Å². The molecule has 1 atom stereocenters. The molecular weight excluding hydrogens is 488 g/mol. The molecule has 0 amide bonds. The Morgan fingerprint density at radius 3 is 1.44 bits per heavy atom. The minimum atomic E-state index is -0.773. The largest absolute Gasteiger partial charge is 0.462 e. The molecule has 0 aromatic carbocycles. The van der Waals surface area contributed by atoms with Crippen molar-refractivity contribution in [2.45, 2.75) is 168 Å². The number of aliphatic hydroxyl groups excluding tert-OH is 1. The molecule has 0 aliphatic carbocycles. The van der Waals surface area contributed by atoms with Crippen molar-refractivity contribution in [2.24, 2.45) is 0 Å². The molecule has 0 aliphatic rings. The van der Waals surface area contributed by atoms with Crippen LogP contribution < -0.4 is 0 Å². The maximum atomic E-state index is 12.1. The fourth-order valence-electron chi connectivity index (χ4n) is 4.42. The molecule has 0 aliphatic heterocycles. The number of carbonyl (C=O) groups excluding carboxylic acids is 2. The summed E-state index contributed by atoms with van der Waals surface area (Å²) in [6.07, 6.45) is 33.7. The zero-order valence-electron chi connectivity index (χ0n) is 25.6. The number of hydrogen-bond donors (Lipinski definition) is 1. The van der Waals surface area contributed by atoms with Gasteiger partial charge in [-0.15, -0.1) is 0 Å². The van der Waals surface area contributed by atoms with Crippen molar-refractivity contribution in [2.75, 3.05) is 13.2 Å². The van der Waals surface area contributed by atoms with Crippen LogP contribution in [0.3, 0.4) is 0 Å². The summed E-state index contributed by atoms with van der Waals surface area (Å²) in [4.78, 5) is 24.1. The summed E-state index contributed by atoms with van der Waals surface area (Å²) in [7, 11) is 0. The van der Waals surface area contributed by atoms with E-state index in [1.54, 1.807) is 0 Å². The third kappa shape index (κ3) is 29.2. The Hall–Kier alpha value is -1.62. The van der Waals surface area contributed by atoms with Gasteiger partial charge in [-0.25, -0.2) is 0 Å². The van der Waals surface area contributed by atoms with E-state index in [1.165, 1.54) is 83.5 Å². The van der Waals surface area contributed by atoms with E-state index in [1.807, 2.05) is 0 Å². The molecule has 0 fully saturated rings. The number of allylic oxidation sites excluding steroid dienone is 4. The third-order valence-electron chi connectivity index (χ3n) is 6.97. The Morgan fingerprint density at radius 2 is 0.949 bits per heavy atom. The number of aliphatic hydroxyl groups is 1. The second kappa shape index (κ2) is 30.9. The second-order valence-electron chi connectivity index (χ2n) is 10.9. The minimum Gasteiger partial charge on any atom is -0.462 e. The molecule has 0 aromatic rings. The van der Waals surface area contributed by atoms with Gasteiger partial charge in [-0.2, -0.15) is 0 Å². The van der Waals surface area contributed by atoms with Crippen molar-refractivity contribution < 1.29 is 24.2 Å². The lowest BCUT2D eigenvalue weighted by atomic mass is 10.1. The highest BCUT2D eigenvalue weighted by Gasteiger charge is 2.16. The zero-order valence-corrected chi connectivity index (χ0v) is 25.6. The molecule has 0 saturated carbocycles. The van der Waals surface area contributed by atoms with Crippen LogP contribution in [-0.2, 0) is 19.1 Å². The molecule has 39 heavy (non-hydrogen) atoms. The molecule has 0 spiro atoms. The topological polar surface area (TPSA) is 72.8 Å². The van der Waals surface area contributed by atoms with Gasteiger partial charge in [0.1, 0.15) is 6.61 Å². The first-order valence-electron chi connectivity index (χ1n) is 16.4. The minimum absolute atomic E-state index is 0.0716. The first-order chi connectivity index (χ1) is 19.1. The Balaban J connectivity index is 3.62. The monoisotopic (exact) mass is 550 g/mol. The third-order valence-corrected chi connectivity index (χ3v) is 6.97. The van der Waals surface area contributed by atoms with Crippen molar-refractivity contribution >= 4 is 11.9 Å². The number of esters is 2. The molecule has 1 N–H and O–H groups in total. The summed E-state index contributed by atoms with van der Waals surface area (Å²) < 4.78 is 10.5. The van der Waals surface area contributed by atoms with Crippen LogP contribution in [0.4, 0.5) is 0 Å². The highest BCUT2D eigenvalue weighted by Crippen LogP contribution is 2.11. The summed E-state index contributed by atoms with van der Waals surface area (Å²) in [5.41, 5.74) is 0. The van der Waals surface area contributed by atoms with E-state index in [4.69, 9.17) is 9.47 Å². The van der Waals surface area contributed by atoms with E-state index in [0.717, 1.165) is 51.4 Å². The van der Waals surface area contributed by atoms with E-state index in [0.29, 0.717) is 12.8 Å². The molecule has 0 aromatic heterocycles. The average molecular weight is 551 g/mol. The van der Waals surface area contributed by atoms with Crippen LogP contribution in [0.2, 0.25) is 0 Å². The Kier molecular flexibility index (Phi) is 29.6. The summed E-state index contributed by atoms with van der Waals surface area (Å²) >= 11 is 0. The maximum absolute atomic E-state index is 12.1. The fourth-order valence-corrected chi connectivity index (χ4v) is 4.42. The number of unbranched alkanes of at least 4 members (excludes halogenated alkanes) is 17. The molecule has 0 unspecified atom stereocenters. The second-order valence-corrected chi connectivity index (χ2v) is 10.9. The van der Waals surface area contributed by atoms with Gasteiger partial charge in [-0.3, -0.25) is 9.59 Å². The van der Waals surface area contributed by atoms with Gasteiger partial charge in [0.15, 0.2) is 6.10 Å². The summed E-state index contributed by atoms with van der Waals surface area (Å²) in [6.45, 7) is 4.06. The highest BCUT2D eigenvalue weighted by atomic mass is 16.6. The normalized spacial score (nSPS) is 12.4. The Bertz CT molecular complexity index is 598. The van der Waals surface area contributed by atoms with E-state index >= 15 is 0 Å². The summed E-state index contributed by atoms with van der Waals surface area (Å²) in [6, 6.07) is 0. The van der Waals surface area contributed by atoms with Crippen LogP contribution in [0.25, 0.3) is 0 Å². The number of rotatable bonds is 29. The molecule has 0 saturated heterocycles. The van der Waals surface area contributed by atoms with Gasteiger partial charge in [0.2, 0.25) is 0 Å². The van der Waals surface area contributed by atoms with E-state index in [2.05, 4.69) is 38.2 Å². The van der Waals surface area contributed by atoms with Crippen LogP contribution >= 0.6 is 0 Å². The lowest BCUT2D eigenvalue weighted by Gasteiger charge is -2.15. The zero-order chi connectivity index (χ0) is 28.7. The molecular formula is C34H62O5. The fraction of sp³-hybridized carbons (Fsp3) is 0.824. The van der Waals surface area contributed by atoms with Crippen molar-refractivity contribution in [1.29, 1.82) is 0 Å². The number of ether oxygens (including phenoxy) is 2. The predicted molar refractivity (Wildman–Crippen MR) is 164 cm³/mol. The van der Waals surface area contributed by atoms with Crippen LogP contribution in [0.15, 0.2) is 24.3 Å². The smallest absolute Gasteiger partial charge is 0.306 e. The van der Waals surface area contributed by atoms with E-state index in [-0.39, 0.29) is 25.2 Å². The molecule has 0 rings (SSSR count). The first kappa shape index (κ1) is 37.4. The molecule has 5 nitrogen and oxygen atoms in total. The molecule has 0 heterocycles. The van der Waals surface area contributed by atoms with Gasteiger partial charge in [-0.05, 0) is 64.2 Å². The lowest BCUT2D eigenvalue weighted by molar-refractivity contribution is -0.161. The molecule has 0 bridgehead atoms. The van der Waals surface area contributed by atoms with Gasteiger partial charge in [-0.1, -0.05) is 109 Å². The standard InChI is InChI=1S/C34H62O5/c1-3-5-7-9-11-13-15-17-19-21-23-25-27-29-34(37)39-32(30-35)31-38-33(36)28-26-24-22-20-18-16-14-12-10-8-6-4-2/h12-15,32,35H,3-11,16-31H2,1-2H3/b14-12+,15-13+/t32-/m0/s1. The highest BCUT2D eigenvalue weighted by molar-refractivity contribution is 5.70. The van der Waals surface area contributed by atoms with E-state index < -0.39 is 6.10 Å². The molecule has 0 radical (unpaired) electrons. The Labute approximate surface area is 241 Å². The van der Waals surface area contributed by atoms with Gasteiger partial charge < -0.3 is 14.6 Å². The van der Waals surface area contributed by atoms with Gasteiger partial charge in [0.25, 0.3) is 0 Å². The summed E-state index contributed by atoms with van der Waals surface area (Å²) in [5, 5.41) is 9.48. The van der Waals surface area contributed by atoms with Crippen LogP contribution in [-0.4, -0.2) is 36.4 Å². The van der Waals surface area contributed by atoms with Gasteiger partial charge in [0, 0.05) is 12.8 Å². The molecule has 228 valence electrons. The quantitative estimate of drug-likeness (QED) is 0.0570. The van der Waals surface area contributed by atoms with Crippen molar-refractivity contribution in [1.82, 2.24) is 0 Å². The lowest BCUT2D eigenvalue weighted by Crippen LogP contribution is -2.28. The van der Waals surface area contributed by atoms with Crippen LogP contribution in [0.5, 0.6) is 0 Å². The van der Waals surface area contributed by atoms with Crippen molar-refractivity contribution in [3.63, 3.8) is 0 Å². The molecule has 5 heteroatoms. The van der Waals surface area contributed by atoms with E-state index in [9.17, 15) is 14.7 Å². The predicted octanol–water partition coefficient (Wildman–Crippen LogP) is 9.56. The van der Waals surface area contributed by atoms with Crippen LogP contribution in [0, 0.1) is 0 Å². The van der Waals surface area contributed by atoms with Gasteiger partial charge in [0.05, 0.1) is 6.61 Å². The van der Waals surface area contributed by atoms with Crippen LogP contribution in [0.1, 0.15) is 162 Å². The van der Waals surface area contributed by atoms with Gasteiger partial charge >= 0.3 is 11.9 Å².